The standard InChI is InChI=1S/C24H20Cl2O6/c25-17-9-7-14(11-18(17)26)19(22-20(27)21(28)24(31)32-22)16-10-13(6-8-15(16)23(29)30)12-4-2-1-3-5-12/h1-11,19-22,24,27-28,31H,(H,29,30)/t19-,20+,21-,22+,24-/m1/s1. The number of ether oxygens (including phenoxy) is 1. The van der Waals surface area contributed by atoms with Crippen molar-refractivity contribution in [2.24, 2.45) is 0 Å². The lowest BCUT2D eigenvalue weighted by Crippen LogP contribution is -2.36. The molecule has 0 aliphatic carbocycles. The summed E-state index contributed by atoms with van der Waals surface area (Å²) in [5.74, 6) is -2.04. The summed E-state index contributed by atoms with van der Waals surface area (Å²) in [6, 6.07) is 19.0. The van der Waals surface area contributed by atoms with Gasteiger partial charge in [0.15, 0.2) is 6.29 Å². The molecule has 5 atom stereocenters. The van der Waals surface area contributed by atoms with Crippen LogP contribution < -0.4 is 0 Å². The van der Waals surface area contributed by atoms with Crippen molar-refractivity contribution < 1.29 is 30.0 Å². The van der Waals surface area contributed by atoms with Crippen LogP contribution in [0.3, 0.4) is 0 Å². The second kappa shape index (κ2) is 9.19. The number of aliphatic hydroxyl groups excluding tert-OH is 3. The highest BCUT2D eigenvalue weighted by molar-refractivity contribution is 6.42. The van der Waals surface area contributed by atoms with Gasteiger partial charge in [-0.2, -0.15) is 0 Å². The number of hydrogen-bond donors (Lipinski definition) is 4. The van der Waals surface area contributed by atoms with Crippen LogP contribution in [0.5, 0.6) is 0 Å². The Hall–Kier alpha value is -2.45. The van der Waals surface area contributed by atoms with Gasteiger partial charge < -0.3 is 25.2 Å². The Morgan fingerprint density at radius 3 is 2.16 bits per heavy atom. The Morgan fingerprint density at radius 1 is 0.844 bits per heavy atom. The molecule has 4 N–H and O–H groups in total. The van der Waals surface area contributed by atoms with Gasteiger partial charge in [0.2, 0.25) is 0 Å². The van der Waals surface area contributed by atoms with Crippen molar-refractivity contribution in [2.75, 3.05) is 0 Å². The molecule has 0 radical (unpaired) electrons. The van der Waals surface area contributed by atoms with E-state index in [1.54, 1.807) is 30.3 Å². The molecule has 1 saturated heterocycles. The Morgan fingerprint density at radius 2 is 1.56 bits per heavy atom. The number of hydrogen-bond acceptors (Lipinski definition) is 5. The summed E-state index contributed by atoms with van der Waals surface area (Å²) in [5.41, 5.74) is 2.46. The van der Waals surface area contributed by atoms with E-state index in [0.29, 0.717) is 16.1 Å². The largest absolute Gasteiger partial charge is 0.478 e. The van der Waals surface area contributed by atoms with Crippen molar-refractivity contribution in [3.8, 4) is 11.1 Å². The van der Waals surface area contributed by atoms with Crippen LogP contribution in [0, 0.1) is 0 Å². The van der Waals surface area contributed by atoms with Crippen molar-refractivity contribution in [3.05, 3.63) is 93.5 Å². The van der Waals surface area contributed by atoms with E-state index >= 15 is 0 Å². The van der Waals surface area contributed by atoms with E-state index in [-0.39, 0.29) is 10.6 Å². The van der Waals surface area contributed by atoms with Crippen LogP contribution in [-0.4, -0.2) is 51.0 Å². The average Bonchev–Trinajstić information content (AvgIpc) is 3.04. The highest BCUT2D eigenvalue weighted by Gasteiger charge is 2.47. The lowest BCUT2D eigenvalue weighted by atomic mass is 9.80. The zero-order valence-corrected chi connectivity index (χ0v) is 18.1. The predicted octanol–water partition coefficient (Wildman–Crippen LogP) is 3.93. The molecule has 6 nitrogen and oxygen atoms in total. The fourth-order valence-electron chi connectivity index (χ4n) is 4.04. The molecule has 0 amide bonds. The average molecular weight is 475 g/mol. The molecule has 4 rings (SSSR count). The summed E-state index contributed by atoms with van der Waals surface area (Å²) in [5, 5.41) is 41.1. The maximum absolute atomic E-state index is 12.1. The number of rotatable bonds is 5. The summed E-state index contributed by atoms with van der Waals surface area (Å²) < 4.78 is 5.49. The van der Waals surface area contributed by atoms with Gasteiger partial charge in [-0.25, -0.2) is 4.79 Å². The van der Waals surface area contributed by atoms with Gasteiger partial charge in [0.05, 0.1) is 15.6 Å². The summed E-state index contributed by atoms with van der Waals surface area (Å²) in [6.45, 7) is 0. The molecular weight excluding hydrogens is 455 g/mol. The molecule has 3 aromatic rings. The first-order valence-electron chi connectivity index (χ1n) is 9.85. The molecule has 3 aromatic carbocycles. The summed E-state index contributed by atoms with van der Waals surface area (Å²) in [6.07, 6.45) is -5.77. The quantitative estimate of drug-likeness (QED) is 0.446. The minimum Gasteiger partial charge on any atom is -0.478 e. The van der Waals surface area contributed by atoms with Crippen LogP contribution in [0.1, 0.15) is 27.4 Å². The molecule has 1 aliphatic rings. The van der Waals surface area contributed by atoms with Crippen LogP contribution in [0.4, 0.5) is 0 Å². The van der Waals surface area contributed by atoms with Crippen LogP contribution in [0.25, 0.3) is 11.1 Å². The molecule has 1 fully saturated rings. The topological polar surface area (TPSA) is 107 Å². The molecule has 1 heterocycles. The van der Waals surface area contributed by atoms with Gasteiger partial charge in [-0.15, -0.1) is 0 Å². The molecule has 1 aliphatic heterocycles. The third-order valence-electron chi connectivity index (χ3n) is 5.63. The van der Waals surface area contributed by atoms with Crippen molar-refractivity contribution in [1.82, 2.24) is 0 Å². The van der Waals surface area contributed by atoms with Gasteiger partial charge in [-0.05, 0) is 46.5 Å². The number of carboxylic acids is 1. The van der Waals surface area contributed by atoms with Gasteiger partial charge in [0.25, 0.3) is 0 Å². The van der Waals surface area contributed by atoms with E-state index in [2.05, 4.69) is 0 Å². The Bertz CT molecular complexity index is 1140. The lowest BCUT2D eigenvalue weighted by Gasteiger charge is -2.28. The number of carbonyl (C=O) groups is 1. The first-order valence-corrected chi connectivity index (χ1v) is 10.6. The smallest absolute Gasteiger partial charge is 0.335 e. The third-order valence-corrected chi connectivity index (χ3v) is 6.37. The molecule has 32 heavy (non-hydrogen) atoms. The summed E-state index contributed by atoms with van der Waals surface area (Å²) >= 11 is 12.3. The molecule has 0 saturated carbocycles. The fraction of sp³-hybridized carbons (Fsp3) is 0.208. The van der Waals surface area contributed by atoms with Gasteiger partial charge in [-0.1, -0.05) is 65.7 Å². The van der Waals surface area contributed by atoms with Crippen LogP contribution in [0.15, 0.2) is 66.7 Å². The zero-order chi connectivity index (χ0) is 23.0. The summed E-state index contributed by atoms with van der Waals surface area (Å²) in [4.78, 5) is 12.1. The first kappa shape index (κ1) is 22.7. The highest BCUT2D eigenvalue weighted by atomic mass is 35.5. The SMILES string of the molecule is O=C(O)c1ccc(-c2ccccc2)cc1[C@@H](c1ccc(Cl)c(Cl)c1)[C@@H]1O[C@@H](O)[C@H](O)[C@@H]1O. The van der Waals surface area contributed by atoms with Gasteiger partial charge in [-0.3, -0.25) is 0 Å². The molecule has 0 aromatic heterocycles. The maximum atomic E-state index is 12.1. The maximum Gasteiger partial charge on any atom is 0.335 e. The monoisotopic (exact) mass is 474 g/mol. The third kappa shape index (κ3) is 4.26. The number of halogens is 2. The van der Waals surface area contributed by atoms with E-state index in [4.69, 9.17) is 27.9 Å². The Balaban J connectivity index is 1.94. The molecule has 166 valence electrons. The minimum atomic E-state index is -1.62. The van der Waals surface area contributed by atoms with Gasteiger partial charge in [0, 0.05) is 5.92 Å². The number of aromatic carboxylic acids is 1. The molecule has 0 spiro atoms. The minimum absolute atomic E-state index is 0.00701. The van der Waals surface area contributed by atoms with E-state index in [0.717, 1.165) is 11.1 Å². The van der Waals surface area contributed by atoms with Crippen molar-refractivity contribution >= 4 is 29.2 Å². The van der Waals surface area contributed by atoms with Crippen LogP contribution in [-0.2, 0) is 4.74 Å². The fourth-order valence-corrected chi connectivity index (χ4v) is 4.34. The second-order valence-electron chi connectivity index (χ2n) is 7.60. The summed E-state index contributed by atoms with van der Waals surface area (Å²) in [7, 11) is 0. The van der Waals surface area contributed by atoms with Crippen LogP contribution >= 0.6 is 23.2 Å². The van der Waals surface area contributed by atoms with Crippen molar-refractivity contribution in [2.45, 2.75) is 30.5 Å². The predicted molar refractivity (Wildman–Crippen MR) is 120 cm³/mol. The lowest BCUT2D eigenvalue weighted by molar-refractivity contribution is -0.129. The molecule has 8 heteroatoms. The number of benzene rings is 3. The highest BCUT2D eigenvalue weighted by Crippen LogP contribution is 2.41. The Labute approximate surface area is 194 Å². The van der Waals surface area contributed by atoms with E-state index in [1.165, 1.54) is 6.07 Å². The van der Waals surface area contributed by atoms with E-state index in [1.807, 2.05) is 30.3 Å². The Kier molecular flexibility index (Phi) is 6.53. The molecule has 0 unspecified atom stereocenters. The normalized spacial score (nSPS) is 23.8. The van der Waals surface area contributed by atoms with Crippen molar-refractivity contribution in [3.63, 3.8) is 0 Å². The van der Waals surface area contributed by atoms with Gasteiger partial charge >= 0.3 is 5.97 Å². The number of carboxylic acid groups (broad SMARTS) is 1. The van der Waals surface area contributed by atoms with Crippen LogP contribution in [0.2, 0.25) is 10.0 Å². The van der Waals surface area contributed by atoms with Gasteiger partial charge in [0.1, 0.15) is 18.3 Å². The number of aliphatic hydroxyl groups is 3. The van der Waals surface area contributed by atoms with E-state index < -0.39 is 36.5 Å². The second-order valence-corrected chi connectivity index (χ2v) is 8.41. The first-order chi connectivity index (χ1) is 15.3. The molecule has 0 bridgehead atoms. The van der Waals surface area contributed by atoms with E-state index in [9.17, 15) is 25.2 Å². The molecular formula is C24H20Cl2O6. The van der Waals surface area contributed by atoms with Crippen molar-refractivity contribution in [1.29, 1.82) is 0 Å². The zero-order valence-electron chi connectivity index (χ0n) is 16.6.